The summed E-state index contributed by atoms with van der Waals surface area (Å²) in [7, 11) is 0. The minimum Gasteiger partial charge on any atom is -0.307 e. The molecule has 2 unspecified atom stereocenters. The van der Waals surface area contributed by atoms with Crippen LogP contribution in [0, 0.1) is 13.8 Å². The lowest BCUT2D eigenvalue weighted by Crippen LogP contribution is -2.33. The lowest BCUT2D eigenvalue weighted by molar-refractivity contribution is 0.439. The van der Waals surface area contributed by atoms with Crippen LogP contribution in [-0.4, -0.2) is 6.04 Å². The number of benzene rings is 2. The Labute approximate surface area is 129 Å². The highest BCUT2D eigenvalue weighted by atomic mass is 14.9. The normalized spacial score (nSPS) is 13.9. The molecule has 2 aromatic carbocycles. The van der Waals surface area contributed by atoms with Crippen LogP contribution in [0.3, 0.4) is 0 Å². The Morgan fingerprint density at radius 3 is 2.38 bits per heavy atom. The van der Waals surface area contributed by atoms with Crippen LogP contribution in [0.2, 0.25) is 0 Å². The van der Waals surface area contributed by atoms with Crippen LogP contribution in [0.15, 0.2) is 48.5 Å². The maximum atomic E-state index is 3.80. The van der Waals surface area contributed by atoms with Gasteiger partial charge in [-0.25, -0.2) is 0 Å². The molecule has 0 aliphatic rings. The SMILES string of the molecule is CCC(Cc1ccccc1)NC(C)c1cc(C)ccc1C. The Kier molecular flexibility index (Phi) is 5.58. The van der Waals surface area contributed by atoms with Crippen molar-refractivity contribution in [2.75, 3.05) is 0 Å². The average Bonchev–Trinajstić information content (AvgIpc) is 2.50. The fourth-order valence-corrected chi connectivity index (χ4v) is 2.89. The van der Waals surface area contributed by atoms with Gasteiger partial charge in [0, 0.05) is 12.1 Å². The Morgan fingerprint density at radius 2 is 1.71 bits per heavy atom. The van der Waals surface area contributed by atoms with Crippen molar-refractivity contribution in [3.05, 3.63) is 70.8 Å². The van der Waals surface area contributed by atoms with E-state index in [4.69, 9.17) is 0 Å². The van der Waals surface area contributed by atoms with E-state index in [1.807, 2.05) is 0 Å². The van der Waals surface area contributed by atoms with E-state index in [1.54, 1.807) is 0 Å². The van der Waals surface area contributed by atoms with Crippen molar-refractivity contribution >= 4 is 0 Å². The van der Waals surface area contributed by atoms with Crippen LogP contribution in [0.25, 0.3) is 0 Å². The quantitative estimate of drug-likeness (QED) is 0.787. The summed E-state index contributed by atoms with van der Waals surface area (Å²) in [6, 6.07) is 18.4. The van der Waals surface area contributed by atoms with E-state index in [0.29, 0.717) is 12.1 Å². The van der Waals surface area contributed by atoms with Crippen molar-refractivity contribution in [3.63, 3.8) is 0 Å². The van der Waals surface area contributed by atoms with Crippen molar-refractivity contribution in [2.24, 2.45) is 0 Å². The molecule has 21 heavy (non-hydrogen) atoms. The molecule has 112 valence electrons. The number of nitrogens with one attached hydrogen (secondary N) is 1. The highest BCUT2D eigenvalue weighted by Crippen LogP contribution is 2.20. The van der Waals surface area contributed by atoms with Gasteiger partial charge in [-0.15, -0.1) is 0 Å². The Bertz CT molecular complexity index is 559. The largest absolute Gasteiger partial charge is 0.307 e. The van der Waals surface area contributed by atoms with Gasteiger partial charge in [0.05, 0.1) is 0 Å². The van der Waals surface area contributed by atoms with E-state index in [-0.39, 0.29) is 0 Å². The van der Waals surface area contributed by atoms with E-state index >= 15 is 0 Å². The molecule has 0 aromatic heterocycles. The van der Waals surface area contributed by atoms with Gasteiger partial charge in [0.1, 0.15) is 0 Å². The molecule has 2 atom stereocenters. The molecule has 0 fully saturated rings. The minimum atomic E-state index is 0.388. The van der Waals surface area contributed by atoms with Crippen LogP contribution < -0.4 is 5.32 Å². The fraction of sp³-hybridized carbons (Fsp3) is 0.400. The van der Waals surface area contributed by atoms with Crippen molar-refractivity contribution in [2.45, 2.75) is 52.6 Å². The first-order valence-corrected chi connectivity index (χ1v) is 7.97. The second-order valence-corrected chi connectivity index (χ2v) is 6.04. The third-order valence-corrected chi connectivity index (χ3v) is 4.20. The second kappa shape index (κ2) is 7.42. The van der Waals surface area contributed by atoms with Crippen molar-refractivity contribution in [1.82, 2.24) is 5.32 Å². The number of hydrogen-bond acceptors (Lipinski definition) is 1. The molecular formula is C20H27N. The third kappa shape index (κ3) is 4.44. The summed E-state index contributed by atoms with van der Waals surface area (Å²) in [6.07, 6.45) is 2.23. The zero-order valence-electron chi connectivity index (χ0n) is 13.7. The molecular weight excluding hydrogens is 254 g/mol. The zero-order valence-corrected chi connectivity index (χ0v) is 13.7. The number of aryl methyl sites for hydroxylation is 2. The molecule has 2 rings (SSSR count). The van der Waals surface area contributed by atoms with Gasteiger partial charge in [-0.3, -0.25) is 0 Å². The van der Waals surface area contributed by atoms with Gasteiger partial charge in [-0.1, -0.05) is 61.0 Å². The van der Waals surface area contributed by atoms with Crippen LogP contribution in [0.4, 0.5) is 0 Å². The zero-order chi connectivity index (χ0) is 15.2. The summed E-state index contributed by atoms with van der Waals surface area (Å²) < 4.78 is 0. The van der Waals surface area contributed by atoms with E-state index < -0.39 is 0 Å². The molecule has 2 aromatic rings. The molecule has 1 heteroatoms. The topological polar surface area (TPSA) is 12.0 Å². The van der Waals surface area contributed by atoms with Gasteiger partial charge in [-0.05, 0) is 50.3 Å². The smallest absolute Gasteiger partial charge is 0.0297 e. The number of rotatable bonds is 6. The maximum Gasteiger partial charge on any atom is 0.0297 e. The van der Waals surface area contributed by atoms with Gasteiger partial charge in [0.2, 0.25) is 0 Å². The molecule has 1 nitrogen and oxygen atoms in total. The van der Waals surface area contributed by atoms with Gasteiger partial charge < -0.3 is 5.32 Å². The Morgan fingerprint density at radius 1 is 1.00 bits per heavy atom. The van der Waals surface area contributed by atoms with E-state index in [2.05, 4.69) is 81.5 Å². The molecule has 0 heterocycles. The van der Waals surface area contributed by atoms with E-state index in [9.17, 15) is 0 Å². The predicted molar refractivity (Wildman–Crippen MR) is 91.7 cm³/mol. The highest BCUT2D eigenvalue weighted by molar-refractivity contribution is 5.32. The lowest BCUT2D eigenvalue weighted by Gasteiger charge is -2.24. The summed E-state index contributed by atoms with van der Waals surface area (Å²) in [6.45, 7) is 8.90. The van der Waals surface area contributed by atoms with E-state index in [0.717, 1.165) is 12.8 Å². The molecule has 0 amide bonds. The monoisotopic (exact) mass is 281 g/mol. The van der Waals surface area contributed by atoms with Gasteiger partial charge in [-0.2, -0.15) is 0 Å². The van der Waals surface area contributed by atoms with Gasteiger partial charge in [0.25, 0.3) is 0 Å². The van der Waals surface area contributed by atoms with Crippen molar-refractivity contribution in [1.29, 1.82) is 0 Å². The van der Waals surface area contributed by atoms with Crippen LogP contribution >= 0.6 is 0 Å². The third-order valence-electron chi connectivity index (χ3n) is 4.20. The first kappa shape index (κ1) is 15.8. The molecule has 0 bridgehead atoms. The minimum absolute atomic E-state index is 0.388. The maximum absolute atomic E-state index is 3.80. The summed E-state index contributed by atoms with van der Waals surface area (Å²) in [5.41, 5.74) is 5.53. The first-order valence-electron chi connectivity index (χ1n) is 7.97. The predicted octanol–water partition coefficient (Wildman–Crippen LogP) is 4.98. The standard InChI is InChI=1S/C20H27N/c1-5-19(14-18-9-7-6-8-10-18)21-17(4)20-13-15(2)11-12-16(20)3/h6-13,17,19,21H,5,14H2,1-4H3. The molecule has 0 radical (unpaired) electrons. The van der Waals surface area contributed by atoms with Crippen LogP contribution in [0.1, 0.15) is 48.6 Å². The summed E-state index contributed by atoms with van der Waals surface area (Å²) >= 11 is 0. The summed E-state index contributed by atoms with van der Waals surface area (Å²) in [4.78, 5) is 0. The molecule has 0 saturated heterocycles. The Balaban J connectivity index is 2.05. The molecule has 0 aliphatic carbocycles. The molecule has 0 aliphatic heterocycles. The first-order chi connectivity index (χ1) is 10.1. The van der Waals surface area contributed by atoms with Gasteiger partial charge in [0.15, 0.2) is 0 Å². The van der Waals surface area contributed by atoms with Crippen LogP contribution in [0.5, 0.6) is 0 Å². The van der Waals surface area contributed by atoms with Gasteiger partial charge >= 0.3 is 0 Å². The molecule has 0 saturated carbocycles. The average molecular weight is 281 g/mol. The van der Waals surface area contributed by atoms with Crippen molar-refractivity contribution < 1.29 is 0 Å². The number of hydrogen-bond donors (Lipinski definition) is 1. The summed E-state index contributed by atoms with van der Waals surface area (Å²) in [5.74, 6) is 0. The van der Waals surface area contributed by atoms with E-state index in [1.165, 1.54) is 22.3 Å². The lowest BCUT2D eigenvalue weighted by atomic mass is 9.97. The molecule has 0 spiro atoms. The molecule has 1 N–H and O–H groups in total. The van der Waals surface area contributed by atoms with Crippen molar-refractivity contribution in [3.8, 4) is 0 Å². The fourth-order valence-electron chi connectivity index (χ4n) is 2.89. The summed E-state index contributed by atoms with van der Waals surface area (Å²) in [5, 5.41) is 3.80. The Hall–Kier alpha value is -1.60. The second-order valence-electron chi connectivity index (χ2n) is 6.04. The van der Waals surface area contributed by atoms with Crippen LogP contribution in [-0.2, 0) is 6.42 Å². The highest BCUT2D eigenvalue weighted by Gasteiger charge is 2.14.